The van der Waals surface area contributed by atoms with Gasteiger partial charge in [0.25, 0.3) is 0 Å². The van der Waals surface area contributed by atoms with Crippen LogP contribution in [0.5, 0.6) is 0 Å². The van der Waals surface area contributed by atoms with E-state index >= 15 is 0 Å². The maximum Gasteiger partial charge on any atom is 0.167 e. The highest BCUT2D eigenvalue weighted by molar-refractivity contribution is 7.25. The highest BCUT2D eigenvalue weighted by atomic mass is 32.1. The number of hydrogen-bond donors (Lipinski definition) is 0. The molecule has 12 aromatic rings. The highest BCUT2D eigenvalue weighted by Crippen LogP contribution is 2.43. The Morgan fingerprint density at radius 2 is 1.05 bits per heavy atom. The first-order valence-electron chi connectivity index (χ1n) is 19.0. The van der Waals surface area contributed by atoms with Crippen molar-refractivity contribution < 1.29 is 4.42 Å². The van der Waals surface area contributed by atoms with Crippen LogP contribution in [0.1, 0.15) is 0 Å². The molecule has 6 heteroatoms. The summed E-state index contributed by atoms with van der Waals surface area (Å²) < 4.78 is 11.7. The van der Waals surface area contributed by atoms with Gasteiger partial charge in [-0.15, -0.1) is 11.3 Å². The van der Waals surface area contributed by atoms with Gasteiger partial charge < -0.3 is 8.98 Å². The topological polar surface area (TPSA) is 56.7 Å². The van der Waals surface area contributed by atoms with Gasteiger partial charge >= 0.3 is 0 Å². The molecule has 4 heterocycles. The zero-order valence-corrected chi connectivity index (χ0v) is 31.2. The number of nitrogens with zero attached hydrogens (tertiary/aromatic N) is 4. The number of fused-ring (bicyclic) bond motifs is 10. The minimum atomic E-state index is 0.557. The van der Waals surface area contributed by atoms with Crippen molar-refractivity contribution in [2.75, 3.05) is 0 Å². The first-order valence-corrected chi connectivity index (χ1v) is 19.8. The Morgan fingerprint density at radius 1 is 0.421 bits per heavy atom. The summed E-state index contributed by atoms with van der Waals surface area (Å²) in [6.07, 6.45) is 0. The molecule has 0 aliphatic rings. The maximum absolute atomic E-state index is 6.88. The van der Waals surface area contributed by atoms with E-state index in [1.165, 1.54) is 30.9 Å². The molecule has 0 fully saturated rings. The lowest BCUT2D eigenvalue weighted by atomic mass is 10.0. The number of thiophene rings is 1. The molecule has 0 radical (unpaired) electrons. The van der Waals surface area contributed by atoms with E-state index in [-0.39, 0.29) is 0 Å². The molecular formula is C51H30N4OS. The molecule has 0 saturated carbocycles. The molecule has 0 saturated heterocycles. The van der Waals surface area contributed by atoms with E-state index in [0.29, 0.717) is 17.5 Å². The van der Waals surface area contributed by atoms with Gasteiger partial charge in [-0.1, -0.05) is 127 Å². The third kappa shape index (κ3) is 5.04. The summed E-state index contributed by atoms with van der Waals surface area (Å²) >= 11 is 1.79. The van der Waals surface area contributed by atoms with Gasteiger partial charge in [-0.3, -0.25) is 0 Å². The largest absolute Gasteiger partial charge is 0.455 e. The summed E-state index contributed by atoms with van der Waals surface area (Å²) in [7, 11) is 0. The van der Waals surface area contributed by atoms with Gasteiger partial charge in [0, 0.05) is 53.1 Å². The van der Waals surface area contributed by atoms with Crippen molar-refractivity contribution in [3.8, 4) is 51.0 Å². The zero-order chi connectivity index (χ0) is 37.5. The molecule has 0 atom stereocenters. The van der Waals surface area contributed by atoms with Crippen LogP contribution in [-0.2, 0) is 0 Å². The Bertz CT molecular complexity index is 3530. The summed E-state index contributed by atoms with van der Waals surface area (Å²) in [5.41, 5.74) is 9.80. The molecule has 0 aliphatic heterocycles. The second-order valence-corrected chi connectivity index (χ2v) is 15.5. The SMILES string of the molecule is c1ccc(-c2cccc(-c3nc(-c4ccc5c(c4)sc4ccccc45)nc(-c4cccc5c4oc4ccc6c7ccccc7n(-c7ccccc7)c6c45)n3)c2)cc1. The predicted molar refractivity (Wildman–Crippen MR) is 236 cm³/mol. The predicted octanol–water partition coefficient (Wildman–Crippen LogP) is 13.9. The minimum Gasteiger partial charge on any atom is -0.455 e. The summed E-state index contributed by atoms with van der Waals surface area (Å²) in [5, 5.41) is 6.93. The molecule has 5 nitrogen and oxygen atoms in total. The van der Waals surface area contributed by atoms with Gasteiger partial charge in [-0.2, -0.15) is 0 Å². The van der Waals surface area contributed by atoms with Gasteiger partial charge in [-0.25, -0.2) is 15.0 Å². The van der Waals surface area contributed by atoms with Crippen LogP contribution < -0.4 is 0 Å². The van der Waals surface area contributed by atoms with E-state index in [9.17, 15) is 0 Å². The van der Waals surface area contributed by atoms with E-state index in [1.807, 2.05) is 6.07 Å². The Hall–Kier alpha value is -7.41. The first-order chi connectivity index (χ1) is 28.2. The molecule has 4 aromatic heterocycles. The number of hydrogen-bond acceptors (Lipinski definition) is 5. The minimum absolute atomic E-state index is 0.557. The maximum atomic E-state index is 6.88. The standard InChI is InChI=1S/C51H30N4OS/c1-3-13-31(14-4-1)32-15-11-16-33(29-32)49-52-50(34-25-26-38-37-20-8-10-24-44(37)57-45(38)30-34)54-51(53-49)41-22-12-21-40-46-43(56-48(40)41)28-27-39-36-19-7-9-23-42(36)55(47(39)46)35-17-5-2-6-18-35/h1-30H. The van der Waals surface area contributed by atoms with Gasteiger partial charge in [0.05, 0.1) is 22.0 Å². The molecule has 0 N–H and O–H groups in total. The Kier molecular flexibility index (Phi) is 7.03. The second-order valence-electron chi connectivity index (χ2n) is 14.4. The molecule has 0 spiro atoms. The fourth-order valence-corrected chi connectivity index (χ4v) is 9.59. The van der Waals surface area contributed by atoms with Crippen molar-refractivity contribution in [2.45, 2.75) is 0 Å². The molecule has 0 aliphatic carbocycles. The number of para-hydroxylation sites is 3. The first kappa shape index (κ1) is 31.9. The Morgan fingerprint density at radius 3 is 1.91 bits per heavy atom. The van der Waals surface area contributed by atoms with Crippen LogP contribution >= 0.6 is 11.3 Å². The van der Waals surface area contributed by atoms with E-state index in [1.54, 1.807) is 11.3 Å². The van der Waals surface area contributed by atoms with Gasteiger partial charge in [0.1, 0.15) is 11.2 Å². The van der Waals surface area contributed by atoms with E-state index in [0.717, 1.165) is 66.5 Å². The van der Waals surface area contributed by atoms with Crippen LogP contribution in [0.25, 0.3) is 115 Å². The van der Waals surface area contributed by atoms with Crippen LogP contribution in [-0.4, -0.2) is 19.5 Å². The third-order valence-electron chi connectivity index (χ3n) is 11.1. The molecule has 8 aromatic carbocycles. The summed E-state index contributed by atoms with van der Waals surface area (Å²) in [5.74, 6) is 1.77. The lowest BCUT2D eigenvalue weighted by Crippen LogP contribution is -2.00. The van der Waals surface area contributed by atoms with Crippen molar-refractivity contribution in [1.82, 2.24) is 19.5 Å². The number of aromatic nitrogens is 4. The number of furan rings is 1. The number of benzene rings is 8. The molecule has 0 unspecified atom stereocenters. The van der Waals surface area contributed by atoms with Gasteiger partial charge in [0.15, 0.2) is 17.5 Å². The van der Waals surface area contributed by atoms with Crippen molar-refractivity contribution >= 4 is 75.3 Å². The average Bonchev–Trinajstić information content (AvgIpc) is 3.96. The average molecular weight is 747 g/mol. The van der Waals surface area contributed by atoms with Crippen LogP contribution in [0, 0.1) is 0 Å². The van der Waals surface area contributed by atoms with Crippen LogP contribution in [0.15, 0.2) is 186 Å². The molecule has 0 bridgehead atoms. The van der Waals surface area contributed by atoms with Crippen molar-refractivity contribution in [1.29, 1.82) is 0 Å². The fraction of sp³-hybridized carbons (Fsp3) is 0. The molecule has 57 heavy (non-hydrogen) atoms. The number of rotatable bonds is 5. The monoisotopic (exact) mass is 746 g/mol. The molecule has 266 valence electrons. The van der Waals surface area contributed by atoms with Crippen molar-refractivity contribution in [3.05, 3.63) is 182 Å². The highest BCUT2D eigenvalue weighted by Gasteiger charge is 2.22. The van der Waals surface area contributed by atoms with E-state index in [2.05, 4.69) is 180 Å². The van der Waals surface area contributed by atoms with Gasteiger partial charge in [-0.05, 0) is 65.7 Å². The summed E-state index contributed by atoms with van der Waals surface area (Å²) in [6, 6.07) is 63.7. The Balaban J connectivity index is 1.11. The van der Waals surface area contributed by atoms with E-state index < -0.39 is 0 Å². The molecule has 12 rings (SSSR count). The lowest BCUT2D eigenvalue weighted by molar-refractivity contribution is 0.669. The Labute approximate surface area is 330 Å². The fourth-order valence-electron chi connectivity index (χ4n) is 8.45. The normalized spacial score (nSPS) is 11.9. The van der Waals surface area contributed by atoms with Crippen molar-refractivity contribution in [2.24, 2.45) is 0 Å². The molecule has 0 amide bonds. The van der Waals surface area contributed by atoms with Gasteiger partial charge in [0.2, 0.25) is 0 Å². The third-order valence-corrected chi connectivity index (χ3v) is 12.2. The zero-order valence-electron chi connectivity index (χ0n) is 30.4. The second kappa shape index (κ2) is 12.6. The lowest BCUT2D eigenvalue weighted by Gasteiger charge is -2.10. The van der Waals surface area contributed by atoms with E-state index in [4.69, 9.17) is 19.4 Å². The van der Waals surface area contributed by atoms with Crippen molar-refractivity contribution in [3.63, 3.8) is 0 Å². The van der Waals surface area contributed by atoms with Crippen LogP contribution in [0.3, 0.4) is 0 Å². The summed E-state index contributed by atoms with van der Waals surface area (Å²) in [4.78, 5) is 15.6. The summed E-state index contributed by atoms with van der Waals surface area (Å²) in [6.45, 7) is 0. The smallest absolute Gasteiger partial charge is 0.167 e. The van der Waals surface area contributed by atoms with Crippen LogP contribution in [0.2, 0.25) is 0 Å². The molecular weight excluding hydrogens is 717 g/mol. The quantitative estimate of drug-likeness (QED) is 0.176. The van der Waals surface area contributed by atoms with Crippen LogP contribution in [0.4, 0.5) is 0 Å².